The van der Waals surface area contributed by atoms with Gasteiger partial charge in [0.2, 0.25) is 10.0 Å². The highest BCUT2D eigenvalue weighted by molar-refractivity contribution is 7.92. The van der Waals surface area contributed by atoms with E-state index in [9.17, 15) is 8.42 Å². The Balaban J connectivity index is 1.96. The first-order valence-electron chi connectivity index (χ1n) is 7.92. The fraction of sp³-hybridized carbons (Fsp3) is 0.333. The highest BCUT2D eigenvalue weighted by Gasteiger charge is 2.09. The molecule has 2 rings (SSSR count). The molecule has 1 atom stereocenters. The van der Waals surface area contributed by atoms with E-state index in [1.54, 1.807) is 19.1 Å². The van der Waals surface area contributed by atoms with Crippen LogP contribution >= 0.6 is 0 Å². The summed E-state index contributed by atoms with van der Waals surface area (Å²) in [7, 11) is -3.22. The van der Waals surface area contributed by atoms with Crippen molar-refractivity contribution in [3.63, 3.8) is 0 Å². The predicted molar refractivity (Wildman–Crippen MR) is 95.8 cm³/mol. The Kier molecular flexibility index (Phi) is 6.19. The molecule has 0 fully saturated rings. The summed E-state index contributed by atoms with van der Waals surface area (Å²) in [6.45, 7) is 4.52. The summed E-state index contributed by atoms with van der Waals surface area (Å²) < 4.78 is 25.6. The molecule has 4 nitrogen and oxygen atoms in total. The minimum atomic E-state index is -3.22. The van der Waals surface area contributed by atoms with Gasteiger partial charge < -0.3 is 5.32 Å². The Morgan fingerprint density at radius 2 is 1.61 bits per heavy atom. The van der Waals surface area contributed by atoms with Crippen LogP contribution in [0.2, 0.25) is 0 Å². The van der Waals surface area contributed by atoms with Crippen molar-refractivity contribution in [3.05, 3.63) is 65.7 Å². The number of nitrogens with one attached hydrogen (secondary N) is 2. The van der Waals surface area contributed by atoms with Gasteiger partial charge in [-0.25, -0.2) is 8.42 Å². The lowest BCUT2D eigenvalue weighted by Crippen LogP contribution is -2.20. The van der Waals surface area contributed by atoms with Crippen LogP contribution in [0.5, 0.6) is 0 Å². The van der Waals surface area contributed by atoms with E-state index in [1.165, 1.54) is 5.56 Å². The summed E-state index contributed by atoms with van der Waals surface area (Å²) in [4.78, 5) is 0. The zero-order valence-electron chi connectivity index (χ0n) is 13.6. The summed E-state index contributed by atoms with van der Waals surface area (Å²) in [5.74, 6) is 0.0750. The smallest absolute Gasteiger partial charge is 0.232 e. The molecule has 0 heterocycles. The molecule has 0 aliphatic rings. The van der Waals surface area contributed by atoms with Gasteiger partial charge in [0.1, 0.15) is 0 Å². The molecule has 0 aliphatic carbocycles. The maximum absolute atomic E-state index is 11.5. The van der Waals surface area contributed by atoms with Crippen molar-refractivity contribution < 1.29 is 8.42 Å². The Hall–Kier alpha value is -1.85. The van der Waals surface area contributed by atoms with Crippen LogP contribution in [0.3, 0.4) is 0 Å². The van der Waals surface area contributed by atoms with Gasteiger partial charge >= 0.3 is 0 Å². The minimum Gasteiger partial charge on any atom is -0.306 e. The van der Waals surface area contributed by atoms with Crippen LogP contribution in [0.4, 0.5) is 5.69 Å². The van der Waals surface area contributed by atoms with Gasteiger partial charge in [-0.3, -0.25) is 4.72 Å². The molecular weight excluding hydrogens is 308 g/mol. The summed E-state index contributed by atoms with van der Waals surface area (Å²) in [6, 6.07) is 18.2. The fourth-order valence-corrected chi connectivity index (χ4v) is 3.01. The van der Waals surface area contributed by atoms with Gasteiger partial charge in [0.05, 0.1) is 5.75 Å². The van der Waals surface area contributed by atoms with Crippen LogP contribution in [-0.2, 0) is 16.6 Å². The second kappa shape index (κ2) is 8.13. The van der Waals surface area contributed by atoms with Crippen molar-refractivity contribution in [2.75, 3.05) is 10.5 Å². The summed E-state index contributed by atoms with van der Waals surface area (Å²) >= 11 is 0. The molecule has 124 valence electrons. The van der Waals surface area contributed by atoms with Gasteiger partial charge in [-0.15, -0.1) is 0 Å². The number of hydrogen-bond acceptors (Lipinski definition) is 3. The number of rotatable bonds is 8. The fourth-order valence-electron chi connectivity index (χ4n) is 2.37. The van der Waals surface area contributed by atoms with Crippen LogP contribution in [0.1, 0.15) is 37.4 Å². The van der Waals surface area contributed by atoms with Crippen molar-refractivity contribution >= 4 is 15.7 Å². The second-order valence-electron chi connectivity index (χ2n) is 5.45. The van der Waals surface area contributed by atoms with E-state index in [4.69, 9.17) is 0 Å². The highest BCUT2D eigenvalue weighted by Crippen LogP contribution is 2.17. The molecule has 0 bridgehead atoms. The summed E-state index contributed by atoms with van der Waals surface area (Å²) in [5.41, 5.74) is 3.01. The quantitative estimate of drug-likeness (QED) is 0.775. The van der Waals surface area contributed by atoms with Crippen LogP contribution in [0.15, 0.2) is 54.6 Å². The molecule has 0 spiro atoms. The number of sulfonamides is 1. The van der Waals surface area contributed by atoms with Gasteiger partial charge in [-0.2, -0.15) is 0 Å². The topological polar surface area (TPSA) is 58.2 Å². The first-order chi connectivity index (χ1) is 11.0. The van der Waals surface area contributed by atoms with E-state index >= 15 is 0 Å². The molecule has 0 unspecified atom stereocenters. The van der Waals surface area contributed by atoms with Crippen molar-refractivity contribution in [2.45, 2.75) is 32.9 Å². The molecule has 0 aliphatic heterocycles. The first kappa shape index (κ1) is 17.5. The van der Waals surface area contributed by atoms with Crippen LogP contribution in [0.25, 0.3) is 0 Å². The number of hydrogen-bond donors (Lipinski definition) is 2. The molecule has 0 saturated heterocycles. The third kappa shape index (κ3) is 5.37. The molecule has 23 heavy (non-hydrogen) atoms. The van der Waals surface area contributed by atoms with Crippen LogP contribution < -0.4 is 10.0 Å². The van der Waals surface area contributed by atoms with Gasteiger partial charge in [-0.05, 0) is 36.6 Å². The summed E-state index contributed by atoms with van der Waals surface area (Å²) in [5, 5.41) is 3.54. The lowest BCUT2D eigenvalue weighted by Gasteiger charge is -2.17. The Bertz CT molecular complexity index is 698. The Labute approximate surface area is 139 Å². The van der Waals surface area contributed by atoms with E-state index in [0.717, 1.165) is 18.5 Å². The number of anilines is 1. The third-order valence-corrected chi connectivity index (χ3v) is 5.08. The van der Waals surface area contributed by atoms with Gasteiger partial charge in [0.25, 0.3) is 0 Å². The highest BCUT2D eigenvalue weighted by atomic mass is 32.2. The standard InChI is InChI=1S/C18H24N2O2S/c1-3-18(16-8-6-5-7-9-16)19-14-15-10-12-17(13-11-15)20-23(21,22)4-2/h5-13,18-20H,3-4,14H2,1-2H3/t18-/m0/s1. The van der Waals surface area contributed by atoms with E-state index in [-0.39, 0.29) is 5.75 Å². The zero-order chi connectivity index (χ0) is 16.7. The second-order valence-corrected chi connectivity index (χ2v) is 7.47. The molecule has 2 aromatic carbocycles. The molecule has 2 aromatic rings. The predicted octanol–water partition coefficient (Wildman–Crippen LogP) is 3.69. The van der Waals surface area contributed by atoms with Gasteiger partial charge in [0.15, 0.2) is 0 Å². The molecule has 2 N–H and O–H groups in total. The number of benzene rings is 2. The average molecular weight is 332 g/mol. The van der Waals surface area contributed by atoms with E-state index < -0.39 is 10.0 Å². The molecule has 0 radical (unpaired) electrons. The molecular formula is C18H24N2O2S. The maximum atomic E-state index is 11.5. The van der Waals surface area contributed by atoms with Crippen molar-refractivity contribution in [1.29, 1.82) is 0 Å². The zero-order valence-corrected chi connectivity index (χ0v) is 14.4. The SMILES string of the molecule is CC[C@H](NCc1ccc(NS(=O)(=O)CC)cc1)c1ccccc1. The minimum absolute atomic E-state index is 0.0750. The van der Waals surface area contributed by atoms with Gasteiger partial charge in [0, 0.05) is 18.3 Å². The lowest BCUT2D eigenvalue weighted by molar-refractivity contribution is 0.519. The largest absolute Gasteiger partial charge is 0.306 e. The van der Waals surface area contributed by atoms with E-state index in [0.29, 0.717) is 11.7 Å². The molecule has 0 aromatic heterocycles. The normalized spacial score (nSPS) is 12.8. The van der Waals surface area contributed by atoms with Crippen molar-refractivity contribution in [1.82, 2.24) is 5.32 Å². The summed E-state index contributed by atoms with van der Waals surface area (Å²) in [6.07, 6.45) is 1.01. The van der Waals surface area contributed by atoms with Crippen molar-refractivity contribution in [2.24, 2.45) is 0 Å². The third-order valence-electron chi connectivity index (χ3n) is 3.77. The lowest BCUT2D eigenvalue weighted by atomic mass is 10.0. The van der Waals surface area contributed by atoms with E-state index in [2.05, 4.69) is 29.1 Å². The maximum Gasteiger partial charge on any atom is 0.232 e. The first-order valence-corrected chi connectivity index (χ1v) is 9.57. The molecule has 5 heteroatoms. The van der Waals surface area contributed by atoms with Crippen LogP contribution in [0, 0.1) is 0 Å². The average Bonchev–Trinajstić information content (AvgIpc) is 2.57. The monoisotopic (exact) mass is 332 g/mol. The van der Waals surface area contributed by atoms with Crippen molar-refractivity contribution in [3.8, 4) is 0 Å². The molecule has 0 amide bonds. The van der Waals surface area contributed by atoms with Gasteiger partial charge in [-0.1, -0.05) is 49.4 Å². The Morgan fingerprint density at radius 3 is 2.17 bits per heavy atom. The molecule has 0 saturated carbocycles. The van der Waals surface area contributed by atoms with Crippen LogP contribution in [-0.4, -0.2) is 14.2 Å². The Morgan fingerprint density at radius 1 is 0.957 bits per heavy atom. The van der Waals surface area contributed by atoms with E-state index in [1.807, 2.05) is 30.3 Å².